The van der Waals surface area contributed by atoms with Crippen LogP contribution in [0.5, 0.6) is 0 Å². The second kappa shape index (κ2) is 4.78. The van der Waals surface area contributed by atoms with Crippen molar-refractivity contribution in [2.24, 2.45) is 5.73 Å². The lowest BCUT2D eigenvalue weighted by molar-refractivity contribution is -0.117. The van der Waals surface area contributed by atoms with E-state index in [0.717, 1.165) is 12.8 Å². The Morgan fingerprint density at radius 2 is 2.25 bits per heavy atom. The molecule has 0 saturated carbocycles. The molecule has 0 aromatic heterocycles. The SMILES string of the molecule is CCCCC(=O)CN. The molecule has 0 fully saturated rings. The molecule has 0 aromatic rings. The van der Waals surface area contributed by atoms with E-state index >= 15 is 0 Å². The van der Waals surface area contributed by atoms with Crippen LogP contribution < -0.4 is 5.73 Å². The standard InChI is InChI=1S/C6H13NO/c1-2-3-4-6(8)5-7/h2-5,7H2,1H3. The largest absolute Gasteiger partial charge is 0.324 e. The number of carbonyl (C=O) groups is 1. The molecule has 0 heterocycles. The Balaban J connectivity index is 2.99. The van der Waals surface area contributed by atoms with Crippen molar-refractivity contribution in [1.29, 1.82) is 0 Å². The summed E-state index contributed by atoms with van der Waals surface area (Å²) in [4.78, 5) is 10.4. The molecule has 0 aromatic carbocycles. The minimum Gasteiger partial charge on any atom is -0.324 e. The predicted molar refractivity (Wildman–Crippen MR) is 33.6 cm³/mol. The minimum atomic E-state index is 0.173. The molecule has 2 heteroatoms. The van der Waals surface area contributed by atoms with Crippen LogP contribution in [0.3, 0.4) is 0 Å². The molecule has 0 atom stereocenters. The first-order valence-electron chi connectivity index (χ1n) is 3.03. The number of hydrogen-bond donors (Lipinski definition) is 1. The number of rotatable bonds is 4. The highest BCUT2D eigenvalue weighted by atomic mass is 16.1. The summed E-state index contributed by atoms with van der Waals surface area (Å²) in [5.41, 5.74) is 5.06. The minimum absolute atomic E-state index is 0.173. The van der Waals surface area contributed by atoms with E-state index in [-0.39, 0.29) is 12.3 Å². The van der Waals surface area contributed by atoms with E-state index in [0.29, 0.717) is 6.42 Å². The average molecular weight is 115 g/mol. The summed E-state index contributed by atoms with van der Waals surface area (Å²) >= 11 is 0. The van der Waals surface area contributed by atoms with Gasteiger partial charge in [-0.3, -0.25) is 4.79 Å². The van der Waals surface area contributed by atoms with Crippen molar-refractivity contribution in [2.75, 3.05) is 6.54 Å². The number of carbonyl (C=O) groups excluding carboxylic acids is 1. The third-order valence-electron chi connectivity index (χ3n) is 1.04. The lowest BCUT2D eigenvalue weighted by Crippen LogP contribution is -2.12. The Bertz CT molecular complexity index is 70.9. The Morgan fingerprint density at radius 1 is 1.62 bits per heavy atom. The van der Waals surface area contributed by atoms with Gasteiger partial charge in [0.1, 0.15) is 5.78 Å². The third-order valence-corrected chi connectivity index (χ3v) is 1.04. The van der Waals surface area contributed by atoms with Crippen LogP contribution in [0.4, 0.5) is 0 Å². The van der Waals surface area contributed by atoms with Crippen LogP contribution in [-0.2, 0) is 4.79 Å². The molecule has 0 spiro atoms. The van der Waals surface area contributed by atoms with E-state index in [1.165, 1.54) is 0 Å². The zero-order chi connectivity index (χ0) is 6.41. The van der Waals surface area contributed by atoms with Gasteiger partial charge in [-0.25, -0.2) is 0 Å². The van der Waals surface area contributed by atoms with Crippen LogP contribution in [0.1, 0.15) is 26.2 Å². The van der Waals surface area contributed by atoms with Crippen LogP contribution in [-0.4, -0.2) is 12.3 Å². The topological polar surface area (TPSA) is 43.1 Å². The molecule has 0 aliphatic rings. The van der Waals surface area contributed by atoms with Crippen LogP contribution >= 0.6 is 0 Å². The molecule has 2 N–H and O–H groups in total. The van der Waals surface area contributed by atoms with Gasteiger partial charge in [0.15, 0.2) is 0 Å². The summed E-state index contributed by atoms with van der Waals surface area (Å²) < 4.78 is 0. The molecule has 0 aliphatic carbocycles. The van der Waals surface area contributed by atoms with Gasteiger partial charge in [-0.1, -0.05) is 13.3 Å². The maximum absolute atomic E-state index is 10.4. The Labute approximate surface area is 50.1 Å². The molecule has 0 saturated heterocycles. The predicted octanol–water partition coefficient (Wildman–Crippen LogP) is 0.704. The molecule has 0 bridgehead atoms. The molecule has 0 aliphatic heterocycles. The quantitative estimate of drug-likeness (QED) is 0.586. The second-order valence-electron chi connectivity index (χ2n) is 1.85. The van der Waals surface area contributed by atoms with Gasteiger partial charge in [0.25, 0.3) is 0 Å². The lowest BCUT2D eigenvalue weighted by Gasteiger charge is -1.91. The van der Waals surface area contributed by atoms with Crippen molar-refractivity contribution in [2.45, 2.75) is 26.2 Å². The van der Waals surface area contributed by atoms with Gasteiger partial charge < -0.3 is 5.73 Å². The zero-order valence-corrected chi connectivity index (χ0v) is 5.31. The Morgan fingerprint density at radius 3 is 2.62 bits per heavy atom. The maximum Gasteiger partial charge on any atom is 0.146 e. The van der Waals surface area contributed by atoms with Crippen molar-refractivity contribution in [3.8, 4) is 0 Å². The van der Waals surface area contributed by atoms with Crippen molar-refractivity contribution in [3.05, 3.63) is 0 Å². The van der Waals surface area contributed by atoms with E-state index in [1.807, 2.05) is 0 Å². The Hall–Kier alpha value is -0.370. The first kappa shape index (κ1) is 7.63. The number of unbranched alkanes of at least 4 members (excludes halogenated alkanes) is 1. The summed E-state index contributed by atoms with van der Waals surface area (Å²) in [5, 5.41) is 0. The number of Topliss-reactive ketones (excluding diaryl/α,β-unsaturated/α-hetero) is 1. The molecule has 0 rings (SSSR count). The average Bonchev–Trinajstić information content (AvgIpc) is 1.83. The summed E-state index contributed by atoms with van der Waals surface area (Å²) in [6.45, 7) is 2.27. The monoisotopic (exact) mass is 115 g/mol. The first-order chi connectivity index (χ1) is 3.81. The van der Waals surface area contributed by atoms with Gasteiger partial charge in [-0.2, -0.15) is 0 Å². The van der Waals surface area contributed by atoms with E-state index in [1.54, 1.807) is 0 Å². The molecule has 8 heavy (non-hydrogen) atoms. The Kier molecular flexibility index (Phi) is 4.56. The van der Waals surface area contributed by atoms with Crippen LogP contribution in [0, 0.1) is 0 Å². The van der Waals surface area contributed by atoms with Crippen molar-refractivity contribution < 1.29 is 4.79 Å². The maximum atomic E-state index is 10.4. The summed E-state index contributed by atoms with van der Waals surface area (Å²) in [5.74, 6) is 0.173. The van der Waals surface area contributed by atoms with Gasteiger partial charge in [0, 0.05) is 6.42 Å². The summed E-state index contributed by atoms with van der Waals surface area (Å²) in [6.07, 6.45) is 2.72. The lowest BCUT2D eigenvalue weighted by atomic mass is 10.2. The van der Waals surface area contributed by atoms with E-state index in [4.69, 9.17) is 5.73 Å². The van der Waals surface area contributed by atoms with Gasteiger partial charge in [-0.05, 0) is 6.42 Å². The summed E-state index contributed by atoms with van der Waals surface area (Å²) in [7, 11) is 0. The summed E-state index contributed by atoms with van der Waals surface area (Å²) in [6, 6.07) is 0. The molecule has 0 radical (unpaired) electrons. The number of nitrogens with two attached hydrogens (primary N) is 1. The van der Waals surface area contributed by atoms with Crippen molar-refractivity contribution in [3.63, 3.8) is 0 Å². The van der Waals surface area contributed by atoms with E-state index < -0.39 is 0 Å². The highest BCUT2D eigenvalue weighted by molar-refractivity contribution is 5.80. The van der Waals surface area contributed by atoms with Gasteiger partial charge in [0.2, 0.25) is 0 Å². The molecule has 2 nitrogen and oxygen atoms in total. The molecule has 0 amide bonds. The van der Waals surface area contributed by atoms with Gasteiger partial charge in [-0.15, -0.1) is 0 Å². The van der Waals surface area contributed by atoms with E-state index in [9.17, 15) is 4.79 Å². The molecule has 48 valence electrons. The van der Waals surface area contributed by atoms with Crippen LogP contribution in [0.15, 0.2) is 0 Å². The van der Waals surface area contributed by atoms with Gasteiger partial charge >= 0.3 is 0 Å². The molecular weight excluding hydrogens is 102 g/mol. The van der Waals surface area contributed by atoms with Crippen LogP contribution in [0.2, 0.25) is 0 Å². The molecular formula is C6H13NO. The van der Waals surface area contributed by atoms with Crippen LogP contribution in [0.25, 0.3) is 0 Å². The highest BCUT2D eigenvalue weighted by Gasteiger charge is 1.93. The highest BCUT2D eigenvalue weighted by Crippen LogP contribution is 1.92. The zero-order valence-electron chi connectivity index (χ0n) is 5.31. The normalized spacial score (nSPS) is 9.25. The number of hydrogen-bond acceptors (Lipinski definition) is 2. The van der Waals surface area contributed by atoms with Crippen molar-refractivity contribution >= 4 is 5.78 Å². The fourth-order valence-corrected chi connectivity index (χ4v) is 0.476. The van der Waals surface area contributed by atoms with E-state index in [2.05, 4.69) is 6.92 Å². The smallest absolute Gasteiger partial charge is 0.146 e. The van der Waals surface area contributed by atoms with Gasteiger partial charge in [0.05, 0.1) is 6.54 Å². The number of ketones is 1. The fourth-order valence-electron chi connectivity index (χ4n) is 0.476. The third kappa shape index (κ3) is 3.81. The fraction of sp³-hybridized carbons (Fsp3) is 0.833. The molecule has 0 unspecified atom stereocenters. The van der Waals surface area contributed by atoms with Crippen molar-refractivity contribution in [1.82, 2.24) is 0 Å². The second-order valence-corrected chi connectivity index (χ2v) is 1.85. The first-order valence-corrected chi connectivity index (χ1v) is 3.03.